The van der Waals surface area contributed by atoms with E-state index in [0.717, 1.165) is 11.3 Å². The summed E-state index contributed by atoms with van der Waals surface area (Å²) in [6, 6.07) is -0.746. The van der Waals surface area contributed by atoms with Gasteiger partial charge in [0.15, 0.2) is 11.5 Å². The summed E-state index contributed by atoms with van der Waals surface area (Å²) in [7, 11) is 0. The fraction of sp³-hybridized carbons (Fsp3) is 0.385. The van der Waals surface area contributed by atoms with Crippen LogP contribution in [0.4, 0.5) is 8.78 Å². The number of hydrogen-bond donors (Lipinski definition) is 1. The number of amides is 1. The number of furan rings is 1. The predicted octanol–water partition coefficient (Wildman–Crippen LogP) is 1.93. The van der Waals surface area contributed by atoms with Crippen molar-refractivity contribution in [3.05, 3.63) is 23.5 Å². The maximum atomic E-state index is 12.3. The van der Waals surface area contributed by atoms with Crippen LogP contribution in [0, 0.1) is 13.8 Å². The van der Waals surface area contributed by atoms with E-state index in [0.29, 0.717) is 16.7 Å². The van der Waals surface area contributed by atoms with Crippen LogP contribution in [-0.2, 0) is 4.79 Å². The average molecular weight is 309 g/mol. The molecule has 3 heterocycles. The lowest BCUT2D eigenvalue weighted by Crippen LogP contribution is -2.32. The van der Waals surface area contributed by atoms with Crippen LogP contribution in [0.5, 0.6) is 0 Å². The lowest BCUT2D eigenvalue weighted by Gasteiger charge is -2.09. The van der Waals surface area contributed by atoms with Crippen molar-refractivity contribution in [2.45, 2.75) is 33.2 Å². The van der Waals surface area contributed by atoms with Gasteiger partial charge in [-0.15, -0.1) is 5.10 Å². The monoisotopic (exact) mass is 309 g/mol. The van der Waals surface area contributed by atoms with Gasteiger partial charge < -0.3 is 9.73 Å². The Morgan fingerprint density at radius 2 is 2.14 bits per heavy atom. The molecule has 3 aromatic heterocycles. The van der Waals surface area contributed by atoms with E-state index in [1.54, 1.807) is 0 Å². The number of carbonyl (C=O) groups excluding carboxylic acids is 1. The van der Waals surface area contributed by atoms with E-state index in [1.807, 2.05) is 13.8 Å². The van der Waals surface area contributed by atoms with Gasteiger partial charge in [-0.3, -0.25) is 4.79 Å². The minimum atomic E-state index is -3.08. The second kappa shape index (κ2) is 5.00. The summed E-state index contributed by atoms with van der Waals surface area (Å²) in [5.74, 6) is -0.411. The Hall–Kier alpha value is -2.58. The molecule has 0 aliphatic rings. The van der Waals surface area contributed by atoms with Crippen LogP contribution in [0.15, 0.2) is 10.7 Å². The van der Waals surface area contributed by atoms with Crippen molar-refractivity contribution >= 4 is 22.7 Å². The van der Waals surface area contributed by atoms with E-state index < -0.39 is 18.4 Å². The second-order valence-corrected chi connectivity index (χ2v) is 4.98. The van der Waals surface area contributed by atoms with Gasteiger partial charge in [0.1, 0.15) is 12.1 Å². The van der Waals surface area contributed by atoms with Crippen molar-refractivity contribution in [3.8, 4) is 0 Å². The summed E-state index contributed by atoms with van der Waals surface area (Å²) in [6.07, 6.45) is -1.65. The third-order valence-corrected chi connectivity index (χ3v) is 3.47. The molecule has 3 aromatic rings. The molecule has 0 unspecified atom stereocenters. The minimum absolute atomic E-state index is 0.224. The SMILES string of the molecule is Cc1oc2ncn3nc([C@@H](C)NC(=O)C(F)F)nc3c2c1C. The Kier molecular flexibility index (Phi) is 3.27. The van der Waals surface area contributed by atoms with Crippen molar-refractivity contribution in [2.75, 3.05) is 0 Å². The first kappa shape index (κ1) is 14.4. The predicted molar refractivity (Wildman–Crippen MR) is 72.6 cm³/mol. The maximum absolute atomic E-state index is 12.3. The molecule has 0 aliphatic heterocycles. The first-order valence-electron chi connectivity index (χ1n) is 6.58. The van der Waals surface area contributed by atoms with Gasteiger partial charge in [-0.1, -0.05) is 0 Å². The van der Waals surface area contributed by atoms with Gasteiger partial charge in [0.2, 0.25) is 5.71 Å². The molecule has 0 aliphatic carbocycles. The van der Waals surface area contributed by atoms with Gasteiger partial charge in [0.05, 0.1) is 11.4 Å². The van der Waals surface area contributed by atoms with Gasteiger partial charge in [-0.05, 0) is 20.8 Å². The average Bonchev–Trinajstić information content (AvgIpc) is 3.00. The number of hydrogen-bond acceptors (Lipinski definition) is 5. The summed E-state index contributed by atoms with van der Waals surface area (Å²) < 4.78 is 31.5. The molecule has 0 fully saturated rings. The number of aryl methyl sites for hydroxylation is 2. The highest BCUT2D eigenvalue weighted by atomic mass is 19.3. The zero-order valence-corrected chi connectivity index (χ0v) is 12.1. The normalized spacial score (nSPS) is 13.2. The highest BCUT2D eigenvalue weighted by molar-refractivity contribution is 5.91. The van der Waals surface area contributed by atoms with Gasteiger partial charge in [0.25, 0.3) is 5.91 Å². The number of fused-ring (bicyclic) bond motifs is 3. The fourth-order valence-corrected chi connectivity index (χ4v) is 2.19. The van der Waals surface area contributed by atoms with Gasteiger partial charge in [-0.25, -0.2) is 14.5 Å². The van der Waals surface area contributed by atoms with E-state index in [4.69, 9.17) is 4.42 Å². The van der Waals surface area contributed by atoms with Crippen molar-refractivity contribution in [2.24, 2.45) is 0 Å². The lowest BCUT2D eigenvalue weighted by atomic mass is 10.2. The largest absolute Gasteiger partial charge is 0.443 e. The molecular weight excluding hydrogens is 296 g/mol. The first-order chi connectivity index (χ1) is 10.4. The summed E-state index contributed by atoms with van der Waals surface area (Å²) in [4.78, 5) is 19.5. The van der Waals surface area contributed by atoms with Crippen LogP contribution in [0.2, 0.25) is 0 Å². The lowest BCUT2D eigenvalue weighted by molar-refractivity contribution is -0.132. The Balaban J connectivity index is 2.06. The summed E-state index contributed by atoms with van der Waals surface area (Å²) in [6.45, 7) is 5.22. The number of alkyl halides is 2. The standard InChI is InChI=1S/C13H13F2N5O2/c1-5-7(3)22-13-8(5)11-18-10(19-20(11)4-16-13)6(2)17-12(21)9(14)15/h4,6,9H,1-3H3,(H,17,21)/t6-/m1/s1. The second-order valence-electron chi connectivity index (χ2n) is 4.98. The van der Waals surface area contributed by atoms with E-state index in [9.17, 15) is 13.6 Å². The van der Waals surface area contributed by atoms with E-state index in [2.05, 4.69) is 20.4 Å². The number of nitrogens with zero attached hydrogens (tertiary/aromatic N) is 4. The number of carbonyl (C=O) groups is 1. The van der Waals surface area contributed by atoms with Crippen LogP contribution < -0.4 is 5.32 Å². The van der Waals surface area contributed by atoms with Crippen LogP contribution in [0.3, 0.4) is 0 Å². The quantitative estimate of drug-likeness (QED) is 0.799. The molecule has 0 bridgehead atoms. The van der Waals surface area contributed by atoms with Crippen molar-refractivity contribution in [1.82, 2.24) is 24.9 Å². The van der Waals surface area contributed by atoms with Crippen molar-refractivity contribution < 1.29 is 18.0 Å². The zero-order valence-electron chi connectivity index (χ0n) is 12.1. The minimum Gasteiger partial charge on any atom is -0.443 e. The van der Waals surface area contributed by atoms with Crippen molar-refractivity contribution in [1.29, 1.82) is 0 Å². The summed E-state index contributed by atoms with van der Waals surface area (Å²) in [5.41, 5.74) is 1.83. The topological polar surface area (TPSA) is 85.3 Å². The van der Waals surface area contributed by atoms with Crippen LogP contribution >= 0.6 is 0 Å². The Morgan fingerprint density at radius 3 is 2.82 bits per heavy atom. The van der Waals surface area contributed by atoms with Gasteiger partial charge in [0, 0.05) is 5.56 Å². The Labute approximate surface area is 123 Å². The molecule has 0 saturated heterocycles. The Morgan fingerprint density at radius 1 is 1.41 bits per heavy atom. The molecule has 0 radical (unpaired) electrons. The van der Waals surface area contributed by atoms with E-state index in [1.165, 1.54) is 17.8 Å². The highest BCUT2D eigenvalue weighted by Crippen LogP contribution is 2.26. The summed E-state index contributed by atoms with van der Waals surface area (Å²) in [5, 5.41) is 7.03. The smallest absolute Gasteiger partial charge is 0.315 e. The molecule has 1 atom stereocenters. The highest BCUT2D eigenvalue weighted by Gasteiger charge is 2.22. The van der Waals surface area contributed by atoms with Gasteiger partial charge >= 0.3 is 6.43 Å². The molecule has 7 nitrogen and oxygen atoms in total. The van der Waals surface area contributed by atoms with E-state index in [-0.39, 0.29) is 5.82 Å². The maximum Gasteiger partial charge on any atom is 0.315 e. The third-order valence-electron chi connectivity index (χ3n) is 3.47. The molecular formula is C13H13F2N5O2. The molecule has 0 aromatic carbocycles. The molecule has 1 amide bonds. The first-order valence-corrected chi connectivity index (χ1v) is 6.58. The number of aromatic nitrogens is 4. The van der Waals surface area contributed by atoms with Crippen LogP contribution in [-0.4, -0.2) is 31.9 Å². The molecule has 1 N–H and O–H groups in total. The summed E-state index contributed by atoms with van der Waals surface area (Å²) >= 11 is 0. The fourth-order valence-electron chi connectivity index (χ4n) is 2.19. The van der Waals surface area contributed by atoms with Gasteiger partial charge in [-0.2, -0.15) is 8.78 Å². The molecule has 0 saturated carbocycles. The molecule has 9 heteroatoms. The number of rotatable bonds is 3. The Bertz CT molecular complexity index is 870. The molecule has 22 heavy (non-hydrogen) atoms. The molecule has 0 spiro atoms. The van der Waals surface area contributed by atoms with Crippen LogP contribution in [0.1, 0.15) is 30.1 Å². The van der Waals surface area contributed by atoms with Crippen molar-refractivity contribution in [3.63, 3.8) is 0 Å². The number of nitrogens with one attached hydrogen (secondary N) is 1. The molecule has 116 valence electrons. The third kappa shape index (κ3) is 2.18. The molecule has 3 rings (SSSR count). The van der Waals surface area contributed by atoms with E-state index >= 15 is 0 Å². The number of halogens is 2. The van der Waals surface area contributed by atoms with Crippen LogP contribution in [0.25, 0.3) is 16.7 Å². The zero-order chi connectivity index (χ0) is 16.0.